The van der Waals surface area contributed by atoms with Crippen molar-refractivity contribution in [2.75, 3.05) is 6.54 Å². The van der Waals surface area contributed by atoms with E-state index in [1.165, 1.54) is 12.0 Å². The SMILES string of the molecule is CC(C)c1nccc(CN2CCCC2c2ccc(F)cc2)n1. The average molecular weight is 299 g/mol. The predicted octanol–water partition coefficient (Wildman–Crippen LogP) is 4.08. The van der Waals surface area contributed by atoms with Crippen molar-refractivity contribution in [2.24, 2.45) is 0 Å². The fourth-order valence-corrected chi connectivity index (χ4v) is 3.07. The average Bonchev–Trinajstić information content (AvgIpc) is 2.96. The summed E-state index contributed by atoms with van der Waals surface area (Å²) in [5.74, 6) is 1.06. The minimum Gasteiger partial charge on any atom is -0.291 e. The highest BCUT2D eigenvalue weighted by Crippen LogP contribution is 2.33. The zero-order valence-electron chi connectivity index (χ0n) is 13.2. The van der Waals surface area contributed by atoms with Crippen LogP contribution in [0.1, 0.15) is 55.7 Å². The van der Waals surface area contributed by atoms with E-state index in [1.807, 2.05) is 24.4 Å². The minimum absolute atomic E-state index is 0.175. The Hall–Kier alpha value is -1.81. The molecule has 1 atom stereocenters. The molecule has 0 spiro atoms. The number of nitrogens with zero attached hydrogens (tertiary/aromatic N) is 3. The highest BCUT2D eigenvalue weighted by molar-refractivity contribution is 5.21. The van der Waals surface area contributed by atoms with Crippen molar-refractivity contribution < 1.29 is 4.39 Å². The highest BCUT2D eigenvalue weighted by atomic mass is 19.1. The van der Waals surface area contributed by atoms with Crippen molar-refractivity contribution >= 4 is 0 Å². The van der Waals surface area contributed by atoms with Crippen molar-refractivity contribution in [3.8, 4) is 0 Å². The van der Waals surface area contributed by atoms with Crippen molar-refractivity contribution in [1.82, 2.24) is 14.9 Å². The van der Waals surface area contributed by atoms with E-state index < -0.39 is 0 Å². The third kappa shape index (κ3) is 3.33. The molecular weight excluding hydrogens is 277 g/mol. The van der Waals surface area contributed by atoms with E-state index in [4.69, 9.17) is 0 Å². The van der Waals surface area contributed by atoms with Crippen LogP contribution in [0.25, 0.3) is 0 Å². The van der Waals surface area contributed by atoms with E-state index in [0.717, 1.165) is 31.0 Å². The zero-order chi connectivity index (χ0) is 15.5. The van der Waals surface area contributed by atoms with Crippen LogP contribution in [0, 0.1) is 5.82 Å². The summed E-state index contributed by atoms with van der Waals surface area (Å²) in [6.07, 6.45) is 4.14. The van der Waals surface area contributed by atoms with E-state index in [1.54, 1.807) is 12.1 Å². The normalized spacial score (nSPS) is 19.0. The van der Waals surface area contributed by atoms with Gasteiger partial charge in [0, 0.05) is 24.7 Å². The topological polar surface area (TPSA) is 29.0 Å². The molecule has 22 heavy (non-hydrogen) atoms. The third-order valence-electron chi connectivity index (χ3n) is 4.23. The Labute approximate surface area is 131 Å². The molecule has 0 bridgehead atoms. The summed E-state index contributed by atoms with van der Waals surface area (Å²) in [5.41, 5.74) is 2.25. The molecule has 0 N–H and O–H groups in total. The molecule has 0 amide bonds. The molecule has 0 aliphatic carbocycles. The van der Waals surface area contributed by atoms with Crippen molar-refractivity contribution in [3.05, 3.63) is 59.4 Å². The number of aromatic nitrogens is 2. The Balaban J connectivity index is 1.76. The predicted molar refractivity (Wildman–Crippen MR) is 84.9 cm³/mol. The zero-order valence-corrected chi connectivity index (χ0v) is 13.2. The Bertz CT molecular complexity index is 624. The molecule has 3 rings (SSSR count). The first-order valence-corrected chi connectivity index (χ1v) is 7.95. The monoisotopic (exact) mass is 299 g/mol. The van der Waals surface area contributed by atoms with E-state index >= 15 is 0 Å². The Morgan fingerprint density at radius 1 is 1.23 bits per heavy atom. The molecule has 0 saturated carbocycles. The van der Waals surface area contributed by atoms with E-state index in [9.17, 15) is 4.39 Å². The summed E-state index contributed by atoms with van der Waals surface area (Å²) < 4.78 is 13.1. The van der Waals surface area contributed by atoms with E-state index in [0.29, 0.717) is 12.0 Å². The maximum Gasteiger partial charge on any atom is 0.131 e. The highest BCUT2D eigenvalue weighted by Gasteiger charge is 2.26. The van der Waals surface area contributed by atoms with Gasteiger partial charge in [-0.25, -0.2) is 14.4 Å². The standard InChI is InChI=1S/C18H22FN3/c1-13(2)18-20-10-9-16(21-18)12-22-11-3-4-17(22)14-5-7-15(19)8-6-14/h5-10,13,17H,3-4,11-12H2,1-2H3. The second kappa shape index (κ2) is 6.53. The number of hydrogen-bond acceptors (Lipinski definition) is 3. The van der Waals surface area contributed by atoms with E-state index in [-0.39, 0.29) is 5.82 Å². The summed E-state index contributed by atoms with van der Waals surface area (Å²) in [4.78, 5) is 11.4. The van der Waals surface area contributed by atoms with Gasteiger partial charge in [0.05, 0.1) is 5.69 Å². The second-order valence-electron chi connectivity index (χ2n) is 6.24. The Morgan fingerprint density at radius 2 is 2.00 bits per heavy atom. The van der Waals surface area contributed by atoms with Gasteiger partial charge in [-0.15, -0.1) is 0 Å². The van der Waals surface area contributed by atoms with Crippen LogP contribution in [0.15, 0.2) is 36.5 Å². The summed E-state index contributed by atoms with van der Waals surface area (Å²) in [6, 6.07) is 9.25. The lowest BCUT2D eigenvalue weighted by Gasteiger charge is -2.24. The van der Waals surface area contributed by atoms with Gasteiger partial charge >= 0.3 is 0 Å². The van der Waals surface area contributed by atoms with Crippen LogP contribution in [0.4, 0.5) is 4.39 Å². The van der Waals surface area contributed by atoms with Gasteiger partial charge in [0.1, 0.15) is 11.6 Å². The van der Waals surface area contributed by atoms with Crippen LogP contribution in [-0.4, -0.2) is 21.4 Å². The number of rotatable bonds is 4. The van der Waals surface area contributed by atoms with Gasteiger partial charge in [-0.05, 0) is 43.1 Å². The molecule has 1 aliphatic rings. The van der Waals surface area contributed by atoms with Gasteiger partial charge < -0.3 is 0 Å². The molecule has 0 radical (unpaired) electrons. The summed E-state index contributed by atoms with van der Waals surface area (Å²) >= 11 is 0. The van der Waals surface area contributed by atoms with Crippen molar-refractivity contribution in [2.45, 2.75) is 45.2 Å². The van der Waals surface area contributed by atoms with Crippen LogP contribution < -0.4 is 0 Å². The molecule has 1 aliphatic heterocycles. The van der Waals surface area contributed by atoms with Gasteiger partial charge in [0.2, 0.25) is 0 Å². The first kappa shape index (κ1) is 15.1. The molecule has 3 nitrogen and oxygen atoms in total. The Kier molecular flexibility index (Phi) is 4.48. The maximum absolute atomic E-state index is 13.1. The quantitative estimate of drug-likeness (QED) is 0.852. The molecule has 1 fully saturated rings. The van der Waals surface area contributed by atoms with Crippen LogP contribution >= 0.6 is 0 Å². The lowest BCUT2D eigenvalue weighted by Crippen LogP contribution is -2.23. The molecular formula is C18H22FN3. The second-order valence-corrected chi connectivity index (χ2v) is 6.24. The van der Waals surface area contributed by atoms with Crippen molar-refractivity contribution in [3.63, 3.8) is 0 Å². The first-order chi connectivity index (χ1) is 10.6. The number of halogens is 1. The van der Waals surface area contributed by atoms with E-state index in [2.05, 4.69) is 28.7 Å². The molecule has 1 saturated heterocycles. The molecule has 1 aromatic carbocycles. The van der Waals surface area contributed by atoms with Gasteiger partial charge in [-0.2, -0.15) is 0 Å². The third-order valence-corrected chi connectivity index (χ3v) is 4.23. The molecule has 2 aromatic rings. The lowest BCUT2D eigenvalue weighted by atomic mass is 10.0. The van der Waals surface area contributed by atoms with Crippen LogP contribution in [0.2, 0.25) is 0 Å². The van der Waals surface area contributed by atoms with Gasteiger partial charge in [-0.3, -0.25) is 4.90 Å². The van der Waals surface area contributed by atoms with Gasteiger partial charge in [0.15, 0.2) is 0 Å². The molecule has 116 valence electrons. The van der Waals surface area contributed by atoms with Gasteiger partial charge in [-0.1, -0.05) is 26.0 Å². The largest absolute Gasteiger partial charge is 0.291 e. The summed E-state index contributed by atoms with van der Waals surface area (Å²) in [5, 5.41) is 0. The van der Waals surface area contributed by atoms with Crippen LogP contribution in [-0.2, 0) is 6.54 Å². The molecule has 1 aromatic heterocycles. The van der Waals surface area contributed by atoms with Crippen LogP contribution in [0.3, 0.4) is 0 Å². The molecule has 2 heterocycles. The smallest absolute Gasteiger partial charge is 0.131 e. The minimum atomic E-state index is -0.175. The molecule has 4 heteroatoms. The van der Waals surface area contributed by atoms with Crippen LogP contribution in [0.5, 0.6) is 0 Å². The summed E-state index contributed by atoms with van der Waals surface area (Å²) in [7, 11) is 0. The van der Waals surface area contributed by atoms with Gasteiger partial charge in [0.25, 0.3) is 0 Å². The first-order valence-electron chi connectivity index (χ1n) is 7.95. The summed E-state index contributed by atoms with van der Waals surface area (Å²) in [6.45, 7) is 6.10. The van der Waals surface area contributed by atoms with Crippen molar-refractivity contribution in [1.29, 1.82) is 0 Å². The fraction of sp³-hybridized carbons (Fsp3) is 0.444. The lowest BCUT2D eigenvalue weighted by molar-refractivity contribution is 0.245. The number of benzene rings is 1. The fourth-order valence-electron chi connectivity index (χ4n) is 3.07. The Morgan fingerprint density at radius 3 is 2.73 bits per heavy atom. The number of hydrogen-bond donors (Lipinski definition) is 0. The number of likely N-dealkylation sites (tertiary alicyclic amines) is 1. The molecule has 1 unspecified atom stereocenters. The maximum atomic E-state index is 13.1.